The van der Waals surface area contributed by atoms with E-state index >= 15 is 0 Å². The van der Waals surface area contributed by atoms with Gasteiger partial charge in [-0.25, -0.2) is 4.39 Å². The van der Waals surface area contributed by atoms with Crippen LogP contribution in [0.4, 0.5) is 10.1 Å². The third kappa shape index (κ3) is 3.35. The second-order valence-electron chi connectivity index (χ2n) is 6.61. The quantitative estimate of drug-likeness (QED) is 0.913. The number of carbonyl (C=O) groups excluding carboxylic acids is 1. The van der Waals surface area contributed by atoms with E-state index in [0.29, 0.717) is 17.6 Å². The van der Waals surface area contributed by atoms with Crippen molar-refractivity contribution in [2.45, 2.75) is 12.8 Å². The lowest BCUT2D eigenvalue weighted by atomic mass is 9.99. The maximum atomic E-state index is 13.6. The Morgan fingerprint density at radius 1 is 1.00 bits per heavy atom. The minimum absolute atomic E-state index is 0.0746. The third-order valence-electron chi connectivity index (χ3n) is 4.97. The van der Waals surface area contributed by atoms with Gasteiger partial charge in [-0.05, 0) is 53.5 Å². The van der Waals surface area contributed by atoms with E-state index in [0.717, 1.165) is 38.2 Å². The van der Waals surface area contributed by atoms with Crippen LogP contribution in [-0.2, 0) is 11.2 Å². The number of halogens is 1. The molecule has 1 heterocycles. The van der Waals surface area contributed by atoms with Crippen LogP contribution in [0.1, 0.15) is 23.1 Å². The van der Waals surface area contributed by atoms with Gasteiger partial charge in [0.15, 0.2) is 5.78 Å². The molecule has 0 atom stereocenters. The van der Waals surface area contributed by atoms with Gasteiger partial charge in [-0.15, -0.1) is 0 Å². The van der Waals surface area contributed by atoms with Crippen molar-refractivity contribution in [3.63, 3.8) is 0 Å². The number of Topliss-reactive ketones (excluding diaryl/α,β-unsaturated/α-hetero) is 1. The largest absolute Gasteiger partial charge is 0.369 e. The number of aryl methyl sites for hydroxylation is 1. The minimum atomic E-state index is -0.315. The summed E-state index contributed by atoms with van der Waals surface area (Å²) in [5, 5.41) is 3.36. The van der Waals surface area contributed by atoms with Crippen LogP contribution in [0, 0.1) is 5.82 Å². The zero-order valence-corrected chi connectivity index (χ0v) is 14.1. The van der Waals surface area contributed by atoms with E-state index in [1.807, 2.05) is 6.08 Å². The van der Waals surface area contributed by atoms with Crippen LogP contribution >= 0.6 is 0 Å². The molecule has 0 bridgehead atoms. The highest BCUT2D eigenvalue weighted by Crippen LogP contribution is 2.30. The summed E-state index contributed by atoms with van der Waals surface area (Å²) in [6, 6.07) is 12.7. The SMILES string of the molecule is O=C1CCc2cc(N3CCNCC3)ccc2C=C1c1cccc(F)c1. The van der Waals surface area contributed by atoms with Gasteiger partial charge >= 0.3 is 0 Å². The topological polar surface area (TPSA) is 32.3 Å². The first-order chi connectivity index (χ1) is 12.2. The molecule has 1 aliphatic heterocycles. The molecular formula is C21H21FN2O. The van der Waals surface area contributed by atoms with E-state index in [2.05, 4.69) is 28.4 Å². The fraction of sp³-hybridized carbons (Fsp3) is 0.286. The third-order valence-corrected chi connectivity index (χ3v) is 4.97. The summed E-state index contributed by atoms with van der Waals surface area (Å²) >= 11 is 0. The molecule has 0 aromatic heterocycles. The van der Waals surface area contributed by atoms with Gasteiger partial charge < -0.3 is 10.2 Å². The molecule has 3 nitrogen and oxygen atoms in total. The first kappa shape index (κ1) is 16.0. The molecule has 1 fully saturated rings. The van der Waals surface area contributed by atoms with Crippen LogP contribution in [0.25, 0.3) is 11.6 Å². The summed E-state index contributed by atoms with van der Waals surface area (Å²) in [6.07, 6.45) is 3.10. The molecule has 2 aromatic rings. The number of fused-ring (bicyclic) bond motifs is 1. The van der Waals surface area contributed by atoms with Gasteiger partial charge in [0.1, 0.15) is 5.82 Å². The van der Waals surface area contributed by atoms with Crippen molar-refractivity contribution >= 4 is 23.1 Å². The van der Waals surface area contributed by atoms with Gasteiger partial charge in [0.05, 0.1) is 0 Å². The molecule has 1 N–H and O–H groups in total. The molecule has 0 radical (unpaired) electrons. The van der Waals surface area contributed by atoms with Gasteiger partial charge in [0.2, 0.25) is 0 Å². The Labute approximate surface area is 147 Å². The summed E-state index contributed by atoms with van der Waals surface area (Å²) in [4.78, 5) is 14.9. The number of benzene rings is 2. The Morgan fingerprint density at radius 3 is 2.64 bits per heavy atom. The molecule has 0 saturated carbocycles. The van der Waals surface area contributed by atoms with Crippen molar-refractivity contribution < 1.29 is 9.18 Å². The summed E-state index contributed by atoms with van der Waals surface area (Å²) in [6.45, 7) is 4.00. The summed E-state index contributed by atoms with van der Waals surface area (Å²) in [5.41, 5.74) is 4.73. The fourth-order valence-electron chi connectivity index (χ4n) is 3.59. The summed E-state index contributed by atoms with van der Waals surface area (Å²) in [7, 11) is 0. The highest BCUT2D eigenvalue weighted by molar-refractivity contribution is 6.25. The lowest BCUT2D eigenvalue weighted by Crippen LogP contribution is -2.43. The average Bonchev–Trinajstić information content (AvgIpc) is 2.81. The van der Waals surface area contributed by atoms with Crippen molar-refractivity contribution in [3.05, 3.63) is 65.0 Å². The maximum Gasteiger partial charge on any atom is 0.163 e. The number of piperazine rings is 1. The molecule has 0 spiro atoms. The Kier molecular flexibility index (Phi) is 4.36. The monoisotopic (exact) mass is 336 g/mol. The van der Waals surface area contributed by atoms with Crippen molar-refractivity contribution in [2.24, 2.45) is 0 Å². The fourth-order valence-corrected chi connectivity index (χ4v) is 3.59. The predicted molar refractivity (Wildman–Crippen MR) is 99.1 cm³/mol. The maximum absolute atomic E-state index is 13.6. The van der Waals surface area contributed by atoms with Crippen molar-refractivity contribution in [1.29, 1.82) is 0 Å². The highest BCUT2D eigenvalue weighted by atomic mass is 19.1. The predicted octanol–water partition coefficient (Wildman–Crippen LogP) is 3.29. The molecule has 4 heteroatoms. The minimum Gasteiger partial charge on any atom is -0.369 e. The Morgan fingerprint density at radius 2 is 1.84 bits per heavy atom. The Bertz CT molecular complexity index is 838. The molecule has 4 rings (SSSR count). The number of hydrogen-bond acceptors (Lipinski definition) is 3. The number of hydrogen-bond donors (Lipinski definition) is 1. The Hall–Kier alpha value is -2.46. The van der Waals surface area contributed by atoms with E-state index < -0.39 is 0 Å². The number of nitrogens with zero attached hydrogens (tertiary/aromatic N) is 1. The number of allylic oxidation sites excluding steroid dienone is 1. The number of carbonyl (C=O) groups is 1. The van der Waals surface area contributed by atoms with Gasteiger partial charge in [0, 0.05) is 43.9 Å². The zero-order chi connectivity index (χ0) is 17.2. The first-order valence-electron chi connectivity index (χ1n) is 8.80. The van der Waals surface area contributed by atoms with Crippen LogP contribution in [-0.4, -0.2) is 32.0 Å². The molecule has 0 unspecified atom stereocenters. The van der Waals surface area contributed by atoms with Crippen LogP contribution in [0.2, 0.25) is 0 Å². The summed E-state index contributed by atoms with van der Waals surface area (Å²) < 4.78 is 13.6. The molecule has 25 heavy (non-hydrogen) atoms. The molecule has 128 valence electrons. The normalized spacial score (nSPS) is 17.7. The molecule has 0 amide bonds. The van der Waals surface area contributed by atoms with E-state index in [1.54, 1.807) is 12.1 Å². The van der Waals surface area contributed by atoms with Gasteiger partial charge in [-0.1, -0.05) is 18.2 Å². The second-order valence-corrected chi connectivity index (χ2v) is 6.61. The van der Waals surface area contributed by atoms with Crippen LogP contribution in [0.3, 0.4) is 0 Å². The smallest absolute Gasteiger partial charge is 0.163 e. The molecule has 1 saturated heterocycles. The number of rotatable bonds is 2. The number of anilines is 1. The number of nitrogens with one attached hydrogen (secondary N) is 1. The van der Waals surface area contributed by atoms with Crippen molar-refractivity contribution in [2.75, 3.05) is 31.1 Å². The van der Waals surface area contributed by atoms with Crippen molar-refractivity contribution in [3.8, 4) is 0 Å². The van der Waals surface area contributed by atoms with E-state index in [-0.39, 0.29) is 11.6 Å². The van der Waals surface area contributed by atoms with E-state index in [1.165, 1.54) is 23.4 Å². The van der Waals surface area contributed by atoms with Gasteiger partial charge in [-0.2, -0.15) is 0 Å². The van der Waals surface area contributed by atoms with Gasteiger partial charge in [-0.3, -0.25) is 4.79 Å². The van der Waals surface area contributed by atoms with Crippen LogP contribution in [0.15, 0.2) is 42.5 Å². The standard InChI is InChI=1S/C21H21FN2O/c22-18-3-1-2-17(12-18)20-14-16-4-6-19(24-10-8-23-9-11-24)13-15(16)5-7-21(20)25/h1-4,6,12-14,23H,5,7-11H2. The highest BCUT2D eigenvalue weighted by Gasteiger charge is 2.19. The van der Waals surface area contributed by atoms with E-state index in [4.69, 9.17) is 0 Å². The summed E-state index contributed by atoms with van der Waals surface area (Å²) in [5.74, 6) is -0.241. The lowest BCUT2D eigenvalue weighted by molar-refractivity contribution is -0.113. The van der Waals surface area contributed by atoms with Gasteiger partial charge in [0.25, 0.3) is 0 Å². The molecular weight excluding hydrogens is 315 g/mol. The Balaban J connectivity index is 1.70. The van der Waals surface area contributed by atoms with E-state index in [9.17, 15) is 9.18 Å². The number of ketones is 1. The lowest BCUT2D eigenvalue weighted by Gasteiger charge is -2.30. The van der Waals surface area contributed by atoms with Crippen LogP contribution in [0.5, 0.6) is 0 Å². The van der Waals surface area contributed by atoms with Crippen LogP contribution < -0.4 is 10.2 Å². The zero-order valence-electron chi connectivity index (χ0n) is 14.1. The molecule has 2 aliphatic rings. The molecule has 2 aromatic carbocycles. The first-order valence-corrected chi connectivity index (χ1v) is 8.80. The molecule has 1 aliphatic carbocycles. The average molecular weight is 336 g/mol. The van der Waals surface area contributed by atoms with Crippen molar-refractivity contribution in [1.82, 2.24) is 5.32 Å². The second kappa shape index (κ2) is 6.81.